The van der Waals surface area contributed by atoms with Crippen LogP contribution in [-0.4, -0.2) is 13.7 Å². The van der Waals surface area contributed by atoms with Gasteiger partial charge in [0.1, 0.15) is 0 Å². The van der Waals surface area contributed by atoms with E-state index in [0.29, 0.717) is 6.61 Å². The molecule has 114 valence electrons. The molecule has 0 saturated heterocycles. The highest BCUT2D eigenvalue weighted by molar-refractivity contribution is 5.36. The lowest BCUT2D eigenvalue weighted by Crippen LogP contribution is -1.92. The van der Waals surface area contributed by atoms with E-state index in [1.807, 2.05) is 12.2 Å². The van der Waals surface area contributed by atoms with Crippen LogP contribution in [0, 0.1) is 5.92 Å². The molecule has 1 heteroatoms. The fourth-order valence-corrected chi connectivity index (χ4v) is 1.92. The zero-order valence-corrected chi connectivity index (χ0v) is 13.9. The smallest absolute Gasteiger partial charge is 0.0673 e. The second-order valence-corrected chi connectivity index (χ2v) is 5.69. The largest absolute Gasteiger partial charge is 0.380 e. The maximum Gasteiger partial charge on any atom is 0.0673 e. The van der Waals surface area contributed by atoms with Gasteiger partial charge in [-0.05, 0) is 42.4 Å². The van der Waals surface area contributed by atoms with Crippen molar-refractivity contribution in [2.24, 2.45) is 5.92 Å². The monoisotopic (exact) mass is 276 g/mol. The molecular weight excluding hydrogens is 244 g/mol. The van der Waals surface area contributed by atoms with E-state index >= 15 is 0 Å². The number of hydrogen-bond donors (Lipinski definition) is 0. The van der Waals surface area contributed by atoms with Gasteiger partial charge in [-0.1, -0.05) is 64.5 Å². The van der Waals surface area contributed by atoms with E-state index in [9.17, 15) is 0 Å². The first-order chi connectivity index (χ1) is 9.51. The van der Waals surface area contributed by atoms with Gasteiger partial charge in [0.2, 0.25) is 0 Å². The maximum atomic E-state index is 5.06. The third kappa shape index (κ3) is 9.80. The second-order valence-electron chi connectivity index (χ2n) is 5.69. The summed E-state index contributed by atoms with van der Waals surface area (Å²) in [6.07, 6.45) is 12.3. The molecule has 1 atom stereocenters. The average molecular weight is 276 g/mol. The Hall–Kier alpha value is -1.08. The predicted molar refractivity (Wildman–Crippen MR) is 91.0 cm³/mol. The van der Waals surface area contributed by atoms with Crippen LogP contribution >= 0.6 is 0 Å². The summed E-state index contributed by atoms with van der Waals surface area (Å²) in [5.74, 6) is 0.847. The molecule has 0 aliphatic carbocycles. The summed E-state index contributed by atoms with van der Waals surface area (Å²) >= 11 is 0. The van der Waals surface area contributed by atoms with Crippen LogP contribution in [-0.2, 0) is 4.74 Å². The van der Waals surface area contributed by atoms with Gasteiger partial charge < -0.3 is 4.74 Å². The lowest BCUT2D eigenvalue weighted by atomic mass is 9.97. The van der Waals surface area contributed by atoms with Crippen LogP contribution in [0.3, 0.4) is 0 Å². The summed E-state index contributed by atoms with van der Waals surface area (Å²) in [7, 11) is 1.71. The SMILES string of the molecule is C=C(/C=C\C=C(/C)COC)C(=C)CCCCC(C)CC. The van der Waals surface area contributed by atoms with Crippen molar-refractivity contribution in [2.75, 3.05) is 13.7 Å². The average Bonchev–Trinajstić information content (AvgIpc) is 2.43. The van der Waals surface area contributed by atoms with E-state index in [4.69, 9.17) is 4.74 Å². The highest BCUT2D eigenvalue weighted by atomic mass is 16.5. The van der Waals surface area contributed by atoms with Crippen LogP contribution in [0.5, 0.6) is 0 Å². The van der Waals surface area contributed by atoms with Crippen molar-refractivity contribution in [2.45, 2.75) is 52.9 Å². The Bertz CT molecular complexity index is 347. The number of allylic oxidation sites excluding steroid dienone is 5. The molecule has 1 unspecified atom stereocenters. The van der Waals surface area contributed by atoms with E-state index < -0.39 is 0 Å². The number of unbranched alkanes of at least 4 members (excludes halogenated alkanes) is 1. The quantitative estimate of drug-likeness (QED) is 0.339. The highest BCUT2D eigenvalue weighted by Gasteiger charge is 2.00. The van der Waals surface area contributed by atoms with Gasteiger partial charge in [-0.2, -0.15) is 0 Å². The topological polar surface area (TPSA) is 9.23 Å². The van der Waals surface area contributed by atoms with E-state index in [2.05, 4.69) is 40.0 Å². The maximum absolute atomic E-state index is 5.06. The van der Waals surface area contributed by atoms with Crippen molar-refractivity contribution in [1.29, 1.82) is 0 Å². The number of rotatable bonds is 11. The Morgan fingerprint density at radius 2 is 1.95 bits per heavy atom. The Kier molecular flexibility index (Phi) is 11.1. The van der Waals surface area contributed by atoms with Crippen molar-refractivity contribution in [3.8, 4) is 0 Å². The van der Waals surface area contributed by atoms with Crippen molar-refractivity contribution >= 4 is 0 Å². The third-order valence-electron chi connectivity index (χ3n) is 3.63. The zero-order valence-electron chi connectivity index (χ0n) is 13.9. The number of hydrogen-bond acceptors (Lipinski definition) is 1. The van der Waals surface area contributed by atoms with Crippen molar-refractivity contribution in [3.63, 3.8) is 0 Å². The van der Waals surface area contributed by atoms with E-state index in [1.54, 1.807) is 7.11 Å². The molecule has 0 aromatic carbocycles. The first-order valence-electron chi connectivity index (χ1n) is 7.71. The number of ether oxygens (including phenoxy) is 1. The normalized spacial score (nSPS) is 13.7. The molecule has 0 heterocycles. The first kappa shape index (κ1) is 18.9. The van der Waals surface area contributed by atoms with E-state index in [0.717, 1.165) is 23.5 Å². The molecule has 0 rings (SSSR count). The minimum atomic E-state index is 0.674. The number of methoxy groups -OCH3 is 1. The van der Waals surface area contributed by atoms with Gasteiger partial charge in [0.15, 0.2) is 0 Å². The fraction of sp³-hybridized carbons (Fsp3) is 0.579. The third-order valence-corrected chi connectivity index (χ3v) is 3.63. The Balaban J connectivity index is 3.95. The minimum Gasteiger partial charge on any atom is -0.380 e. The van der Waals surface area contributed by atoms with Crippen LogP contribution in [0.25, 0.3) is 0 Å². The van der Waals surface area contributed by atoms with E-state index in [-0.39, 0.29) is 0 Å². The lowest BCUT2D eigenvalue weighted by molar-refractivity contribution is 0.226. The Morgan fingerprint density at radius 3 is 2.55 bits per heavy atom. The molecule has 0 aliphatic rings. The van der Waals surface area contributed by atoms with Gasteiger partial charge in [0.05, 0.1) is 6.61 Å². The predicted octanol–water partition coefficient (Wildman–Crippen LogP) is 5.85. The highest BCUT2D eigenvalue weighted by Crippen LogP contribution is 2.18. The summed E-state index contributed by atoms with van der Waals surface area (Å²) in [5, 5.41) is 0. The summed E-state index contributed by atoms with van der Waals surface area (Å²) in [6, 6.07) is 0. The zero-order chi connectivity index (χ0) is 15.4. The standard InChI is InChI=1S/C19H32O/c1-7-16(2)11-8-9-13-18(4)19(5)14-10-12-17(3)15-20-6/h10,12,14,16H,4-5,7-9,11,13,15H2,1-3,6H3/b14-10-,17-12+. The fourth-order valence-electron chi connectivity index (χ4n) is 1.92. The van der Waals surface area contributed by atoms with Gasteiger partial charge >= 0.3 is 0 Å². The molecule has 0 aliphatic heterocycles. The van der Waals surface area contributed by atoms with Crippen LogP contribution in [0.4, 0.5) is 0 Å². The van der Waals surface area contributed by atoms with Crippen molar-refractivity contribution < 1.29 is 4.74 Å². The van der Waals surface area contributed by atoms with Crippen LogP contribution < -0.4 is 0 Å². The molecule has 0 amide bonds. The van der Waals surface area contributed by atoms with Gasteiger partial charge in [0.25, 0.3) is 0 Å². The molecule has 0 fully saturated rings. The molecule has 0 aromatic heterocycles. The first-order valence-corrected chi connectivity index (χ1v) is 7.71. The molecular formula is C19H32O. The summed E-state index contributed by atoms with van der Waals surface area (Å²) in [4.78, 5) is 0. The molecule has 0 radical (unpaired) electrons. The molecule has 20 heavy (non-hydrogen) atoms. The molecule has 0 N–H and O–H groups in total. The van der Waals surface area contributed by atoms with Crippen molar-refractivity contribution in [1.82, 2.24) is 0 Å². The second kappa shape index (κ2) is 11.7. The van der Waals surface area contributed by atoms with Gasteiger partial charge in [0, 0.05) is 7.11 Å². The Morgan fingerprint density at radius 1 is 1.25 bits per heavy atom. The summed E-state index contributed by atoms with van der Waals surface area (Å²) in [5.41, 5.74) is 3.40. The van der Waals surface area contributed by atoms with Gasteiger partial charge in [-0.3, -0.25) is 0 Å². The molecule has 0 spiro atoms. The Labute approximate surface area is 126 Å². The molecule has 0 bridgehead atoms. The lowest BCUT2D eigenvalue weighted by Gasteiger charge is -2.09. The van der Waals surface area contributed by atoms with Crippen LogP contribution in [0.2, 0.25) is 0 Å². The minimum absolute atomic E-state index is 0.674. The van der Waals surface area contributed by atoms with E-state index in [1.165, 1.54) is 31.3 Å². The molecule has 1 nitrogen and oxygen atoms in total. The van der Waals surface area contributed by atoms with Gasteiger partial charge in [-0.25, -0.2) is 0 Å². The van der Waals surface area contributed by atoms with Gasteiger partial charge in [-0.15, -0.1) is 0 Å². The molecule has 0 aromatic rings. The summed E-state index contributed by atoms with van der Waals surface area (Å²) in [6.45, 7) is 15.5. The van der Waals surface area contributed by atoms with Crippen LogP contribution in [0.15, 0.2) is 48.1 Å². The van der Waals surface area contributed by atoms with Crippen molar-refractivity contribution in [3.05, 3.63) is 48.1 Å². The summed E-state index contributed by atoms with van der Waals surface area (Å²) < 4.78 is 5.06. The van der Waals surface area contributed by atoms with Crippen LogP contribution in [0.1, 0.15) is 52.9 Å². The molecule has 0 saturated carbocycles.